The molecule has 43 heavy (non-hydrogen) atoms. The van der Waals surface area contributed by atoms with Crippen LogP contribution in [0.15, 0.2) is 102 Å². The standard InChI is InChI=1S/C35H27BrN2O5/c1-42-23-10-7-9-21(18-23)31(39)29-30(32(40)22-14-15-28(43-2)26(36)19-22)38-17-16-20-8-3-4-11-24(20)33(38)35(29)25-12-5-6-13-27(25)37-34(35)41/h3-19,29-30,33H,1-2H3,(H,37,41)/t29-,30-,33-,35-/m1/s1. The van der Waals surface area contributed by atoms with Crippen LogP contribution >= 0.6 is 15.9 Å². The zero-order valence-electron chi connectivity index (χ0n) is 23.4. The number of hydrogen-bond donors (Lipinski definition) is 1. The Kier molecular flexibility index (Phi) is 6.47. The van der Waals surface area contributed by atoms with E-state index in [0.717, 1.165) is 11.1 Å². The number of methoxy groups -OCH3 is 2. The molecule has 3 aliphatic rings. The summed E-state index contributed by atoms with van der Waals surface area (Å²) in [6.07, 6.45) is 3.81. The van der Waals surface area contributed by atoms with Crippen LogP contribution in [-0.2, 0) is 10.2 Å². The number of fused-ring (bicyclic) bond motifs is 6. The molecule has 0 aliphatic carbocycles. The SMILES string of the molecule is COc1cccc(C(=O)[C@H]2[C@H](C(=O)c3ccc(OC)c(Br)c3)N3C=Cc4ccccc4[C@@H]3[C@]23C(=O)Nc2ccccc23)c1. The molecule has 0 unspecified atom stereocenters. The molecule has 1 fully saturated rings. The minimum absolute atomic E-state index is 0.271. The van der Waals surface area contributed by atoms with Crippen molar-refractivity contribution >= 4 is 45.2 Å². The maximum atomic E-state index is 14.9. The van der Waals surface area contributed by atoms with Gasteiger partial charge in [0.15, 0.2) is 11.6 Å². The molecule has 3 heterocycles. The van der Waals surface area contributed by atoms with E-state index in [-0.39, 0.29) is 17.5 Å². The second-order valence-electron chi connectivity index (χ2n) is 10.9. The van der Waals surface area contributed by atoms with Gasteiger partial charge in [-0.2, -0.15) is 0 Å². The molecule has 7 rings (SSSR count). The molecule has 1 N–H and O–H groups in total. The van der Waals surface area contributed by atoms with E-state index < -0.39 is 23.4 Å². The fourth-order valence-corrected chi connectivity index (χ4v) is 7.65. The number of halogens is 1. The molecule has 0 bridgehead atoms. The Labute approximate surface area is 257 Å². The van der Waals surface area contributed by atoms with Crippen molar-refractivity contribution in [2.45, 2.75) is 17.5 Å². The van der Waals surface area contributed by atoms with E-state index in [1.165, 1.54) is 7.11 Å². The number of Topliss-reactive ketones (excluding diaryl/α,β-unsaturated/α-hetero) is 2. The van der Waals surface area contributed by atoms with Crippen molar-refractivity contribution in [3.8, 4) is 11.5 Å². The highest BCUT2D eigenvalue weighted by molar-refractivity contribution is 9.10. The second kappa shape index (κ2) is 10.2. The summed E-state index contributed by atoms with van der Waals surface area (Å²) in [6, 6.07) is 25.7. The van der Waals surface area contributed by atoms with Gasteiger partial charge in [-0.05, 0) is 75.1 Å². The molecule has 1 amide bonds. The van der Waals surface area contributed by atoms with Gasteiger partial charge in [0.25, 0.3) is 0 Å². The molecule has 4 aromatic carbocycles. The van der Waals surface area contributed by atoms with Gasteiger partial charge in [0, 0.05) is 23.0 Å². The molecular weight excluding hydrogens is 608 g/mol. The summed E-state index contributed by atoms with van der Waals surface area (Å²) in [6.45, 7) is 0. The van der Waals surface area contributed by atoms with Gasteiger partial charge in [-0.1, -0.05) is 54.6 Å². The first-order valence-corrected chi connectivity index (χ1v) is 14.7. The summed E-state index contributed by atoms with van der Waals surface area (Å²) in [4.78, 5) is 46.2. The smallest absolute Gasteiger partial charge is 0.238 e. The van der Waals surface area contributed by atoms with Gasteiger partial charge in [0.05, 0.1) is 30.7 Å². The summed E-state index contributed by atoms with van der Waals surface area (Å²) < 4.78 is 11.5. The van der Waals surface area contributed by atoms with Gasteiger partial charge >= 0.3 is 0 Å². The van der Waals surface area contributed by atoms with Gasteiger partial charge in [-0.3, -0.25) is 14.4 Å². The van der Waals surface area contributed by atoms with Gasteiger partial charge in [-0.25, -0.2) is 0 Å². The van der Waals surface area contributed by atoms with E-state index in [4.69, 9.17) is 9.47 Å². The first kappa shape index (κ1) is 27.2. The van der Waals surface area contributed by atoms with E-state index in [1.807, 2.05) is 65.7 Å². The van der Waals surface area contributed by atoms with E-state index in [9.17, 15) is 14.4 Å². The fourth-order valence-electron chi connectivity index (χ4n) is 7.11. The monoisotopic (exact) mass is 634 g/mol. The van der Waals surface area contributed by atoms with Crippen LogP contribution in [0.25, 0.3) is 6.08 Å². The van der Waals surface area contributed by atoms with Crippen LogP contribution in [0.2, 0.25) is 0 Å². The number of nitrogens with zero attached hydrogens (tertiary/aromatic N) is 1. The molecule has 214 valence electrons. The molecule has 1 saturated heterocycles. The average molecular weight is 636 g/mol. The molecule has 8 heteroatoms. The van der Waals surface area contributed by atoms with Crippen LogP contribution < -0.4 is 14.8 Å². The van der Waals surface area contributed by atoms with E-state index in [0.29, 0.717) is 38.3 Å². The maximum Gasteiger partial charge on any atom is 0.238 e. The van der Waals surface area contributed by atoms with E-state index in [2.05, 4.69) is 21.2 Å². The number of amides is 1. The van der Waals surface area contributed by atoms with Crippen molar-refractivity contribution < 1.29 is 23.9 Å². The van der Waals surface area contributed by atoms with Crippen LogP contribution in [0.1, 0.15) is 43.4 Å². The van der Waals surface area contributed by atoms with Crippen LogP contribution in [0.3, 0.4) is 0 Å². The number of ketones is 2. The molecular formula is C35H27BrN2O5. The quantitative estimate of drug-likeness (QED) is 0.246. The number of carbonyl (C=O) groups is 3. The van der Waals surface area contributed by atoms with Crippen LogP contribution in [0.4, 0.5) is 5.69 Å². The number of benzene rings is 4. The van der Waals surface area contributed by atoms with Crippen LogP contribution in [0, 0.1) is 5.92 Å². The lowest BCUT2D eigenvalue weighted by atomic mass is 9.62. The minimum atomic E-state index is -1.40. The fraction of sp³-hybridized carbons (Fsp3) is 0.171. The molecule has 7 nitrogen and oxygen atoms in total. The number of rotatable bonds is 6. The number of anilines is 1. The van der Waals surface area contributed by atoms with Gasteiger partial charge < -0.3 is 19.7 Å². The highest BCUT2D eigenvalue weighted by atomic mass is 79.9. The van der Waals surface area contributed by atoms with Gasteiger partial charge in [0.2, 0.25) is 5.91 Å². The maximum absolute atomic E-state index is 14.9. The summed E-state index contributed by atoms with van der Waals surface area (Å²) in [7, 11) is 3.10. The van der Waals surface area contributed by atoms with Crippen molar-refractivity contribution in [1.29, 1.82) is 0 Å². The van der Waals surface area contributed by atoms with Crippen molar-refractivity contribution in [3.63, 3.8) is 0 Å². The Morgan fingerprint density at radius 1 is 0.860 bits per heavy atom. The Morgan fingerprint density at radius 3 is 2.42 bits per heavy atom. The average Bonchev–Trinajstić information content (AvgIpc) is 3.52. The topological polar surface area (TPSA) is 84.9 Å². The number of nitrogens with one attached hydrogen (secondary N) is 1. The predicted molar refractivity (Wildman–Crippen MR) is 166 cm³/mol. The number of carbonyl (C=O) groups excluding carboxylic acids is 3. The second-order valence-corrected chi connectivity index (χ2v) is 11.7. The van der Waals surface area contributed by atoms with Crippen LogP contribution in [-0.4, -0.2) is 42.6 Å². The lowest BCUT2D eigenvalue weighted by Gasteiger charge is -2.38. The summed E-state index contributed by atoms with van der Waals surface area (Å²) in [5.41, 5.74) is 2.53. The first-order valence-electron chi connectivity index (χ1n) is 13.9. The number of hydrogen-bond acceptors (Lipinski definition) is 6. The third kappa shape index (κ3) is 3.89. The largest absolute Gasteiger partial charge is 0.497 e. The predicted octanol–water partition coefficient (Wildman–Crippen LogP) is 6.45. The Bertz CT molecular complexity index is 1850. The Morgan fingerprint density at radius 2 is 1.63 bits per heavy atom. The van der Waals surface area contributed by atoms with Gasteiger partial charge in [0.1, 0.15) is 23.0 Å². The molecule has 0 radical (unpaired) electrons. The molecule has 3 aliphatic heterocycles. The summed E-state index contributed by atoms with van der Waals surface area (Å²) in [5.74, 6) is -0.861. The molecule has 4 atom stereocenters. The molecule has 1 spiro atoms. The third-order valence-corrected chi connectivity index (χ3v) is 9.53. The van der Waals surface area contributed by atoms with E-state index in [1.54, 1.807) is 49.6 Å². The summed E-state index contributed by atoms with van der Waals surface area (Å²) in [5, 5.41) is 3.07. The highest BCUT2D eigenvalue weighted by Crippen LogP contribution is 2.62. The number of para-hydroxylation sites is 1. The van der Waals surface area contributed by atoms with Gasteiger partial charge in [-0.15, -0.1) is 0 Å². The Hall–Kier alpha value is -4.69. The normalized spacial score (nSPS) is 22.9. The third-order valence-electron chi connectivity index (χ3n) is 8.91. The lowest BCUT2D eigenvalue weighted by molar-refractivity contribution is -0.122. The van der Waals surface area contributed by atoms with Crippen molar-refractivity contribution in [2.24, 2.45) is 5.92 Å². The molecule has 0 saturated carbocycles. The first-order chi connectivity index (χ1) is 20.9. The zero-order valence-corrected chi connectivity index (χ0v) is 25.0. The van der Waals surface area contributed by atoms with Crippen molar-refractivity contribution in [2.75, 3.05) is 19.5 Å². The summed E-state index contributed by atoms with van der Waals surface area (Å²) >= 11 is 3.51. The van der Waals surface area contributed by atoms with Crippen molar-refractivity contribution in [1.82, 2.24) is 4.90 Å². The van der Waals surface area contributed by atoms with E-state index >= 15 is 0 Å². The van der Waals surface area contributed by atoms with Crippen molar-refractivity contribution in [3.05, 3.63) is 129 Å². The highest BCUT2D eigenvalue weighted by Gasteiger charge is 2.70. The minimum Gasteiger partial charge on any atom is -0.497 e. The zero-order chi connectivity index (χ0) is 29.9. The molecule has 4 aromatic rings. The Balaban J connectivity index is 1.52. The van der Waals surface area contributed by atoms with Crippen LogP contribution in [0.5, 0.6) is 11.5 Å². The molecule has 0 aromatic heterocycles. The number of ether oxygens (including phenoxy) is 2. The lowest BCUT2D eigenvalue weighted by Crippen LogP contribution is -2.49.